The zero-order valence-corrected chi connectivity index (χ0v) is 12.0. The van der Waals surface area contributed by atoms with Crippen LogP contribution in [0.15, 0.2) is 36.7 Å². The molecule has 0 saturated heterocycles. The molecule has 1 aromatic carbocycles. The van der Waals surface area contributed by atoms with Gasteiger partial charge in [0.2, 0.25) is 0 Å². The summed E-state index contributed by atoms with van der Waals surface area (Å²) in [5, 5.41) is 10.3. The molecule has 0 aliphatic heterocycles. The topological polar surface area (TPSA) is 51.6 Å². The van der Waals surface area contributed by atoms with Crippen molar-refractivity contribution in [2.24, 2.45) is 0 Å². The van der Waals surface area contributed by atoms with E-state index in [0.29, 0.717) is 30.3 Å². The van der Waals surface area contributed by atoms with Crippen molar-refractivity contribution < 1.29 is 19.0 Å². The number of hydrogen-bond donors (Lipinski definition) is 1. The van der Waals surface area contributed by atoms with Crippen LogP contribution in [0, 0.1) is 5.82 Å². The van der Waals surface area contributed by atoms with Crippen LogP contribution in [0.1, 0.15) is 31.1 Å². The van der Waals surface area contributed by atoms with Gasteiger partial charge in [-0.15, -0.1) is 0 Å². The summed E-state index contributed by atoms with van der Waals surface area (Å²) in [6, 6.07) is 6.53. The van der Waals surface area contributed by atoms with Crippen molar-refractivity contribution in [3.8, 4) is 11.5 Å². The Balaban J connectivity index is 2.35. The number of hydrogen-bond acceptors (Lipinski definition) is 4. The number of aliphatic hydroxyl groups excluding tert-OH is 1. The summed E-state index contributed by atoms with van der Waals surface area (Å²) < 4.78 is 24.7. The molecular formula is C16H18FNO3. The van der Waals surface area contributed by atoms with Gasteiger partial charge in [-0.05, 0) is 37.6 Å². The lowest BCUT2D eigenvalue weighted by Gasteiger charge is -2.16. The first-order valence-corrected chi connectivity index (χ1v) is 6.84. The first-order chi connectivity index (χ1) is 10.2. The van der Waals surface area contributed by atoms with Crippen LogP contribution in [0.3, 0.4) is 0 Å². The molecule has 0 aliphatic carbocycles. The van der Waals surface area contributed by atoms with Crippen molar-refractivity contribution in [2.75, 3.05) is 13.2 Å². The van der Waals surface area contributed by atoms with Crippen molar-refractivity contribution >= 4 is 0 Å². The standard InChI is InChI=1S/C16H18FNO3/c1-3-20-14-6-5-11(9-15(14)21-4-2)16(19)12-7-8-18-10-13(12)17/h5-10,16,19H,3-4H2,1-2H3. The van der Waals surface area contributed by atoms with Crippen molar-refractivity contribution in [3.05, 3.63) is 53.6 Å². The Kier molecular flexibility index (Phi) is 5.11. The maximum absolute atomic E-state index is 13.7. The smallest absolute Gasteiger partial charge is 0.161 e. The highest BCUT2D eigenvalue weighted by molar-refractivity contribution is 5.45. The highest BCUT2D eigenvalue weighted by Crippen LogP contribution is 2.33. The average molecular weight is 291 g/mol. The summed E-state index contributed by atoms with van der Waals surface area (Å²) in [4.78, 5) is 3.68. The van der Waals surface area contributed by atoms with Crippen molar-refractivity contribution in [1.82, 2.24) is 4.98 Å². The lowest BCUT2D eigenvalue weighted by Crippen LogP contribution is -2.05. The second kappa shape index (κ2) is 7.04. The molecule has 21 heavy (non-hydrogen) atoms. The molecule has 0 bridgehead atoms. The molecule has 0 saturated carbocycles. The molecule has 1 heterocycles. The Morgan fingerprint density at radius 3 is 2.52 bits per heavy atom. The molecule has 2 rings (SSSR count). The predicted octanol–water partition coefficient (Wildman–Crippen LogP) is 3.10. The Bertz CT molecular complexity index is 604. The number of rotatable bonds is 6. The van der Waals surface area contributed by atoms with E-state index in [2.05, 4.69) is 4.98 Å². The lowest BCUT2D eigenvalue weighted by molar-refractivity contribution is 0.213. The SMILES string of the molecule is CCOc1ccc(C(O)c2ccncc2F)cc1OCC. The maximum Gasteiger partial charge on any atom is 0.161 e. The number of nitrogens with zero attached hydrogens (tertiary/aromatic N) is 1. The summed E-state index contributed by atoms with van der Waals surface area (Å²) in [7, 11) is 0. The lowest BCUT2D eigenvalue weighted by atomic mass is 10.0. The average Bonchev–Trinajstić information content (AvgIpc) is 2.49. The third kappa shape index (κ3) is 3.49. The molecule has 1 unspecified atom stereocenters. The Morgan fingerprint density at radius 2 is 1.86 bits per heavy atom. The number of aliphatic hydroxyl groups is 1. The molecule has 0 spiro atoms. The molecule has 2 aromatic rings. The van der Waals surface area contributed by atoms with Crippen LogP contribution in [0.2, 0.25) is 0 Å². The van der Waals surface area contributed by atoms with Gasteiger partial charge in [-0.1, -0.05) is 6.07 Å². The van der Waals surface area contributed by atoms with Gasteiger partial charge in [0.25, 0.3) is 0 Å². The van der Waals surface area contributed by atoms with Crippen molar-refractivity contribution in [1.29, 1.82) is 0 Å². The summed E-state index contributed by atoms with van der Waals surface area (Å²) >= 11 is 0. The molecule has 0 aliphatic rings. The van der Waals surface area contributed by atoms with E-state index in [4.69, 9.17) is 9.47 Å². The van der Waals surface area contributed by atoms with Gasteiger partial charge in [-0.25, -0.2) is 4.39 Å². The number of pyridine rings is 1. The number of ether oxygens (including phenoxy) is 2. The number of benzene rings is 1. The summed E-state index contributed by atoms with van der Waals surface area (Å²) in [6.45, 7) is 4.73. The van der Waals surface area contributed by atoms with Crippen molar-refractivity contribution in [2.45, 2.75) is 20.0 Å². The number of aromatic nitrogens is 1. The maximum atomic E-state index is 13.7. The molecule has 0 fully saturated rings. The third-order valence-electron chi connectivity index (χ3n) is 2.98. The minimum atomic E-state index is -1.08. The highest BCUT2D eigenvalue weighted by Gasteiger charge is 2.17. The van der Waals surface area contributed by atoms with Gasteiger partial charge in [0.05, 0.1) is 19.4 Å². The van der Waals surface area contributed by atoms with Gasteiger partial charge in [0.15, 0.2) is 11.5 Å². The molecule has 1 atom stereocenters. The van der Waals surface area contributed by atoms with E-state index in [1.807, 2.05) is 13.8 Å². The van der Waals surface area contributed by atoms with Crippen LogP contribution >= 0.6 is 0 Å². The van der Waals surface area contributed by atoms with Crippen LogP contribution in [0.5, 0.6) is 11.5 Å². The van der Waals surface area contributed by atoms with Crippen LogP contribution in [-0.4, -0.2) is 23.3 Å². The zero-order chi connectivity index (χ0) is 15.2. The van der Waals surface area contributed by atoms with Gasteiger partial charge in [0.1, 0.15) is 11.9 Å². The van der Waals surface area contributed by atoms with E-state index >= 15 is 0 Å². The van der Waals surface area contributed by atoms with Crippen LogP contribution in [0.4, 0.5) is 4.39 Å². The molecule has 5 heteroatoms. The Labute approximate surface area is 123 Å². The fourth-order valence-electron chi connectivity index (χ4n) is 2.03. The molecule has 0 amide bonds. The van der Waals surface area contributed by atoms with E-state index in [1.54, 1.807) is 18.2 Å². The summed E-state index contributed by atoms with van der Waals surface area (Å²) in [5.41, 5.74) is 0.712. The van der Waals surface area contributed by atoms with Crippen molar-refractivity contribution in [3.63, 3.8) is 0 Å². The Hall–Kier alpha value is -2.14. The predicted molar refractivity (Wildman–Crippen MR) is 77.0 cm³/mol. The summed E-state index contributed by atoms with van der Waals surface area (Å²) in [5.74, 6) is 0.590. The highest BCUT2D eigenvalue weighted by atomic mass is 19.1. The van der Waals surface area contributed by atoms with Crippen LogP contribution in [-0.2, 0) is 0 Å². The van der Waals surface area contributed by atoms with E-state index in [1.165, 1.54) is 12.3 Å². The molecule has 0 radical (unpaired) electrons. The number of halogens is 1. The summed E-state index contributed by atoms with van der Waals surface area (Å²) in [6.07, 6.45) is 1.44. The Morgan fingerprint density at radius 1 is 1.14 bits per heavy atom. The van der Waals surface area contributed by atoms with E-state index in [9.17, 15) is 9.50 Å². The fourth-order valence-corrected chi connectivity index (χ4v) is 2.03. The quantitative estimate of drug-likeness (QED) is 0.888. The van der Waals surface area contributed by atoms with Gasteiger partial charge >= 0.3 is 0 Å². The fraction of sp³-hybridized carbons (Fsp3) is 0.312. The molecular weight excluding hydrogens is 273 g/mol. The normalized spacial score (nSPS) is 12.0. The largest absolute Gasteiger partial charge is 0.490 e. The first kappa shape index (κ1) is 15.3. The van der Waals surface area contributed by atoms with E-state index in [-0.39, 0.29) is 5.56 Å². The van der Waals surface area contributed by atoms with Crippen LogP contribution < -0.4 is 9.47 Å². The second-order valence-corrected chi connectivity index (χ2v) is 4.37. The van der Waals surface area contributed by atoms with Gasteiger partial charge < -0.3 is 14.6 Å². The zero-order valence-electron chi connectivity index (χ0n) is 12.0. The molecule has 1 N–H and O–H groups in total. The molecule has 4 nitrogen and oxygen atoms in total. The molecule has 1 aromatic heterocycles. The van der Waals surface area contributed by atoms with E-state index < -0.39 is 11.9 Å². The third-order valence-corrected chi connectivity index (χ3v) is 2.98. The second-order valence-electron chi connectivity index (χ2n) is 4.37. The minimum Gasteiger partial charge on any atom is -0.490 e. The van der Waals surface area contributed by atoms with E-state index in [0.717, 1.165) is 6.20 Å². The minimum absolute atomic E-state index is 0.177. The van der Waals surface area contributed by atoms with Gasteiger partial charge in [-0.3, -0.25) is 4.98 Å². The molecule has 112 valence electrons. The monoisotopic (exact) mass is 291 g/mol. The van der Waals surface area contributed by atoms with Gasteiger partial charge in [-0.2, -0.15) is 0 Å². The first-order valence-electron chi connectivity index (χ1n) is 6.84. The van der Waals surface area contributed by atoms with Crippen LogP contribution in [0.25, 0.3) is 0 Å². The van der Waals surface area contributed by atoms with Gasteiger partial charge in [0, 0.05) is 11.8 Å².